The van der Waals surface area contributed by atoms with Gasteiger partial charge in [0.1, 0.15) is 24.4 Å². The van der Waals surface area contributed by atoms with Gasteiger partial charge in [-0.3, -0.25) is 4.79 Å². The third-order valence-electron chi connectivity index (χ3n) is 11.5. The molecule has 7 atom stereocenters. The zero-order valence-electron chi connectivity index (χ0n) is 37.3. The minimum atomic E-state index is -1.57. The maximum atomic E-state index is 12.9. The molecule has 9 heteroatoms. The van der Waals surface area contributed by atoms with Crippen LogP contribution in [-0.2, 0) is 14.3 Å². The van der Waals surface area contributed by atoms with Crippen LogP contribution >= 0.6 is 0 Å². The topological polar surface area (TPSA) is 149 Å². The summed E-state index contributed by atoms with van der Waals surface area (Å²) in [6, 6.07) is -0.804. The number of aliphatic hydroxyl groups is 5. The highest BCUT2D eigenvalue weighted by atomic mass is 16.7. The van der Waals surface area contributed by atoms with Gasteiger partial charge in [-0.25, -0.2) is 0 Å². The minimum absolute atomic E-state index is 0.183. The molecule has 58 heavy (non-hydrogen) atoms. The lowest BCUT2D eigenvalue weighted by atomic mass is 9.99. The number of amides is 1. The summed E-state index contributed by atoms with van der Waals surface area (Å²) in [5.41, 5.74) is 0. The summed E-state index contributed by atoms with van der Waals surface area (Å²) in [5.74, 6) is -0.183. The highest BCUT2D eigenvalue weighted by Gasteiger charge is 2.44. The van der Waals surface area contributed by atoms with Crippen molar-refractivity contribution >= 4 is 5.91 Å². The second kappa shape index (κ2) is 39.5. The summed E-state index contributed by atoms with van der Waals surface area (Å²) in [4.78, 5) is 12.9. The highest BCUT2D eigenvalue weighted by molar-refractivity contribution is 5.76. The van der Waals surface area contributed by atoms with Gasteiger partial charge in [-0.15, -0.1) is 0 Å². The van der Waals surface area contributed by atoms with Crippen molar-refractivity contribution in [2.75, 3.05) is 13.2 Å². The number of carbonyl (C=O) groups is 1. The SMILES string of the molecule is CCCCCCCCCC/C=C/C(O)C(COC1OC(CO)C(O)C(O)C1O)NC(=O)CCCCCCCCCCC/C=C\C/C=C\CCCCCCCCCCC. The van der Waals surface area contributed by atoms with Gasteiger partial charge >= 0.3 is 0 Å². The molecule has 1 aliphatic rings. The van der Waals surface area contributed by atoms with Crippen LogP contribution in [0.2, 0.25) is 0 Å². The minimum Gasteiger partial charge on any atom is -0.394 e. The van der Waals surface area contributed by atoms with E-state index in [1.807, 2.05) is 6.08 Å². The molecule has 0 aromatic heterocycles. The van der Waals surface area contributed by atoms with E-state index in [1.54, 1.807) is 6.08 Å². The molecule has 9 nitrogen and oxygen atoms in total. The van der Waals surface area contributed by atoms with E-state index < -0.39 is 49.5 Å². The van der Waals surface area contributed by atoms with Crippen LogP contribution in [0.5, 0.6) is 0 Å². The van der Waals surface area contributed by atoms with Crippen LogP contribution in [0.3, 0.4) is 0 Å². The molecule has 1 fully saturated rings. The molecule has 1 rings (SSSR count). The summed E-state index contributed by atoms with van der Waals surface area (Å²) in [7, 11) is 0. The summed E-state index contributed by atoms with van der Waals surface area (Å²) in [6.45, 7) is 3.75. The molecule has 0 radical (unpaired) electrons. The third-order valence-corrected chi connectivity index (χ3v) is 11.5. The second-order valence-corrected chi connectivity index (χ2v) is 16.9. The Kier molecular flexibility index (Phi) is 37.1. The first-order valence-corrected chi connectivity index (χ1v) is 24.2. The van der Waals surface area contributed by atoms with Crippen molar-refractivity contribution in [2.45, 2.75) is 256 Å². The lowest BCUT2D eigenvalue weighted by Gasteiger charge is -2.40. The van der Waals surface area contributed by atoms with Crippen LogP contribution in [0.25, 0.3) is 0 Å². The van der Waals surface area contributed by atoms with E-state index in [9.17, 15) is 30.3 Å². The fourth-order valence-corrected chi connectivity index (χ4v) is 7.54. The molecule has 6 N–H and O–H groups in total. The molecule has 0 saturated carbocycles. The van der Waals surface area contributed by atoms with Crippen molar-refractivity contribution < 1.29 is 39.8 Å². The molecule has 0 aromatic carbocycles. The Bertz CT molecular complexity index is 1000. The summed E-state index contributed by atoms with van der Waals surface area (Å²) in [5, 5.41) is 54.1. The first-order valence-electron chi connectivity index (χ1n) is 24.2. The standard InChI is InChI=1S/C49H91NO8/c1-3-5-7-9-11-13-15-16-17-18-19-20-21-22-23-24-25-26-27-28-29-31-33-35-37-39-45(53)50-42(41-57-49-48(56)47(55)46(54)44(40-51)58-49)43(52)38-36-34-32-30-14-12-10-8-6-4-2/h19-20,22-23,36,38,42-44,46-49,51-52,54-56H,3-18,21,24-35,37,39-41H2,1-2H3,(H,50,53)/b20-19-,23-22-,38-36+. The quantitative estimate of drug-likeness (QED) is 0.0264. The monoisotopic (exact) mass is 822 g/mol. The van der Waals surface area contributed by atoms with Crippen LogP contribution < -0.4 is 5.32 Å². The average molecular weight is 822 g/mol. The zero-order valence-corrected chi connectivity index (χ0v) is 37.3. The van der Waals surface area contributed by atoms with Crippen molar-refractivity contribution in [2.24, 2.45) is 0 Å². The van der Waals surface area contributed by atoms with Crippen LogP contribution in [0.4, 0.5) is 0 Å². The van der Waals surface area contributed by atoms with Crippen LogP contribution in [0.1, 0.15) is 213 Å². The van der Waals surface area contributed by atoms with Gasteiger partial charge in [-0.2, -0.15) is 0 Å². The molecule has 0 spiro atoms. The van der Waals surface area contributed by atoms with Crippen molar-refractivity contribution in [3.05, 3.63) is 36.5 Å². The number of ether oxygens (including phenoxy) is 2. The van der Waals surface area contributed by atoms with E-state index in [2.05, 4.69) is 43.5 Å². The van der Waals surface area contributed by atoms with Gasteiger partial charge in [-0.1, -0.05) is 192 Å². The predicted octanol–water partition coefficient (Wildman–Crippen LogP) is 10.5. The molecule has 340 valence electrons. The van der Waals surface area contributed by atoms with E-state index in [0.717, 1.165) is 44.9 Å². The molecular formula is C49H91NO8. The molecule has 1 heterocycles. The van der Waals surface area contributed by atoms with Gasteiger partial charge in [-0.05, 0) is 51.4 Å². The van der Waals surface area contributed by atoms with Crippen molar-refractivity contribution in [3.8, 4) is 0 Å². The maximum Gasteiger partial charge on any atom is 0.220 e. The fourth-order valence-electron chi connectivity index (χ4n) is 7.54. The van der Waals surface area contributed by atoms with E-state index >= 15 is 0 Å². The van der Waals surface area contributed by atoms with Crippen LogP contribution in [0, 0.1) is 0 Å². The first-order chi connectivity index (χ1) is 28.3. The normalized spacial score (nSPS) is 21.1. The number of aliphatic hydroxyl groups excluding tert-OH is 5. The largest absolute Gasteiger partial charge is 0.394 e. The van der Waals surface area contributed by atoms with Crippen molar-refractivity contribution in [1.82, 2.24) is 5.32 Å². The molecule has 0 aromatic rings. The number of allylic oxidation sites excluding steroid dienone is 5. The van der Waals surface area contributed by atoms with Gasteiger partial charge < -0.3 is 40.3 Å². The number of hydrogen-bond acceptors (Lipinski definition) is 8. The molecule has 1 aliphatic heterocycles. The average Bonchev–Trinajstić information content (AvgIpc) is 3.22. The number of nitrogens with one attached hydrogen (secondary N) is 1. The lowest BCUT2D eigenvalue weighted by molar-refractivity contribution is -0.302. The Morgan fingerprint density at radius 2 is 1.02 bits per heavy atom. The summed E-state index contributed by atoms with van der Waals surface area (Å²) in [6.07, 6.45) is 42.0. The highest BCUT2D eigenvalue weighted by Crippen LogP contribution is 2.23. The smallest absolute Gasteiger partial charge is 0.220 e. The Morgan fingerprint density at radius 3 is 1.48 bits per heavy atom. The van der Waals surface area contributed by atoms with E-state index in [1.165, 1.54) is 148 Å². The number of hydrogen-bond donors (Lipinski definition) is 6. The summed E-state index contributed by atoms with van der Waals surface area (Å²) >= 11 is 0. The Hall–Kier alpha value is -1.59. The van der Waals surface area contributed by atoms with E-state index in [4.69, 9.17) is 9.47 Å². The van der Waals surface area contributed by atoms with Gasteiger partial charge in [0.15, 0.2) is 6.29 Å². The van der Waals surface area contributed by atoms with Crippen LogP contribution in [0.15, 0.2) is 36.5 Å². The summed E-state index contributed by atoms with van der Waals surface area (Å²) < 4.78 is 11.2. The predicted molar refractivity (Wildman–Crippen MR) is 240 cm³/mol. The fraction of sp³-hybridized carbons (Fsp3) is 0.857. The Labute approximate surface area is 355 Å². The molecule has 1 saturated heterocycles. The molecule has 1 amide bonds. The van der Waals surface area contributed by atoms with Gasteiger partial charge in [0.05, 0.1) is 25.4 Å². The molecule has 0 aliphatic carbocycles. The molecule has 0 bridgehead atoms. The van der Waals surface area contributed by atoms with Gasteiger partial charge in [0.2, 0.25) is 5.91 Å². The second-order valence-electron chi connectivity index (χ2n) is 16.9. The van der Waals surface area contributed by atoms with E-state index in [0.29, 0.717) is 6.42 Å². The number of unbranched alkanes of at least 4 members (excludes halogenated alkanes) is 26. The van der Waals surface area contributed by atoms with Gasteiger partial charge in [0, 0.05) is 6.42 Å². The van der Waals surface area contributed by atoms with Crippen molar-refractivity contribution in [3.63, 3.8) is 0 Å². The number of carbonyl (C=O) groups excluding carboxylic acids is 1. The Morgan fingerprint density at radius 1 is 0.586 bits per heavy atom. The zero-order chi connectivity index (χ0) is 42.3. The van der Waals surface area contributed by atoms with Crippen molar-refractivity contribution in [1.29, 1.82) is 0 Å². The lowest BCUT2D eigenvalue weighted by Crippen LogP contribution is -2.60. The number of rotatable bonds is 40. The van der Waals surface area contributed by atoms with Crippen LogP contribution in [-0.4, -0.2) is 87.5 Å². The molecule has 7 unspecified atom stereocenters. The molecular weight excluding hydrogens is 731 g/mol. The van der Waals surface area contributed by atoms with E-state index in [-0.39, 0.29) is 12.5 Å². The third kappa shape index (κ3) is 29.6. The Balaban J connectivity index is 2.23. The maximum absolute atomic E-state index is 12.9. The van der Waals surface area contributed by atoms with Gasteiger partial charge in [0.25, 0.3) is 0 Å². The first kappa shape index (κ1) is 54.4.